The topological polar surface area (TPSA) is 106 Å². The minimum atomic E-state index is 0.258. The first kappa shape index (κ1) is 18.3. The van der Waals surface area contributed by atoms with Crippen LogP contribution in [0, 0.1) is 0 Å². The van der Waals surface area contributed by atoms with E-state index in [2.05, 4.69) is 36.1 Å². The molecule has 1 aromatic carbocycles. The number of aromatic nitrogens is 5. The van der Waals surface area contributed by atoms with Crippen molar-refractivity contribution in [3.05, 3.63) is 60.0 Å². The van der Waals surface area contributed by atoms with Crippen LogP contribution in [0.2, 0.25) is 0 Å². The number of anilines is 2. The van der Waals surface area contributed by atoms with E-state index in [0.717, 1.165) is 65.5 Å². The number of ether oxygens (including phenoxy) is 1. The minimum Gasteiger partial charge on any atom is -0.378 e. The number of hydrogen-bond donors (Lipinski definition) is 2. The van der Waals surface area contributed by atoms with Gasteiger partial charge in [0.2, 0.25) is 5.95 Å². The lowest BCUT2D eigenvalue weighted by atomic mass is 10.1. The van der Waals surface area contributed by atoms with E-state index in [-0.39, 0.29) is 5.95 Å². The van der Waals surface area contributed by atoms with Gasteiger partial charge >= 0.3 is 0 Å². The molecular weight excluding hydrogens is 378 g/mol. The summed E-state index contributed by atoms with van der Waals surface area (Å²) in [5, 5.41) is 8.57. The van der Waals surface area contributed by atoms with Crippen LogP contribution >= 0.6 is 0 Å². The molecule has 0 radical (unpaired) electrons. The van der Waals surface area contributed by atoms with Gasteiger partial charge in [0.05, 0.1) is 30.1 Å². The quantitative estimate of drug-likeness (QED) is 0.543. The van der Waals surface area contributed by atoms with Crippen molar-refractivity contribution in [2.75, 3.05) is 36.9 Å². The van der Waals surface area contributed by atoms with E-state index in [0.29, 0.717) is 0 Å². The summed E-state index contributed by atoms with van der Waals surface area (Å²) in [6.07, 6.45) is 7.55. The molecule has 30 heavy (non-hydrogen) atoms. The summed E-state index contributed by atoms with van der Waals surface area (Å²) in [6.45, 7) is 3.26. The molecular formula is C22H21N7O. The zero-order valence-corrected chi connectivity index (χ0v) is 16.3. The standard InChI is InChI=1S/C22H21N7O/c23-22-24-8-7-18(26-22)16-3-4-17-19(27-28-20(17)13-16)5-1-15-2-6-21(25-14-15)29-9-11-30-12-10-29/h1-8,13-14H,9-12H2,(H,27,28)(H2,23,24,26)/b5-1+. The molecule has 4 heterocycles. The van der Waals surface area contributed by atoms with Crippen LogP contribution in [0.1, 0.15) is 11.3 Å². The number of nitrogen functional groups attached to an aromatic ring is 1. The number of morpholine rings is 1. The number of benzene rings is 1. The Morgan fingerprint density at radius 1 is 1.03 bits per heavy atom. The summed E-state index contributed by atoms with van der Waals surface area (Å²) >= 11 is 0. The normalized spacial score (nSPS) is 14.6. The average molecular weight is 399 g/mol. The number of nitrogens with two attached hydrogens (primary N) is 1. The molecule has 3 N–H and O–H groups in total. The summed E-state index contributed by atoms with van der Waals surface area (Å²) in [4.78, 5) is 15.0. The largest absolute Gasteiger partial charge is 0.378 e. The fraction of sp³-hybridized carbons (Fsp3) is 0.182. The predicted molar refractivity (Wildman–Crippen MR) is 118 cm³/mol. The van der Waals surface area contributed by atoms with E-state index in [1.54, 1.807) is 6.20 Å². The summed E-state index contributed by atoms with van der Waals surface area (Å²) in [6, 6.07) is 12.0. The molecule has 0 unspecified atom stereocenters. The van der Waals surface area contributed by atoms with Gasteiger partial charge in [0.1, 0.15) is 5.82 Å². The molecule has 0 bridgehead atoms. The van der Waals surface area contributed by atoms with Gasteiger partial charge in [-0.2, -0.15) is 5.10 Å². The highest BCUT2D eigenvalue weighted by atomic mass is 16.5. The molecule has 1 fully saturated rings. The van der Waals surface area contributed by atoms with Gasteiger partial charge in [-0.3, -0.25) is 5.10 Å². The van der Waals surface area contributed by atoms with Crippen LogP contribution < -0.4 is 10.6 Å². The first-order valence-corrected chi connectivity index (χ1v) is 9.80. The molecule has 1 aliphatic rings. The third-order valence-corrected chi connectivity index (χ3v) is 5.10. The fourth-order valence-electron chi connectivity index (χ4n) is 3.51. The van der Waals surface area contributed by atoms with Gasteiger partial charge in [-0.05, 0) is 42.0 Å². The molecule has 1 saturated heterocycles. The van der Waals surface area contributed by atoms with Crippen molar-refractivity contribution in [1.82, 2.24) is 25.1 Å². The Hall–Kier alpha value is -3.78. The van der Waals surface area contributed by atoms with E-state index >= 15 is 0 Å². The molecule has 0 amide bonds. The maximum Gasteiger partial charge on any atom is 0.220 e. The van der Waals surface area contributed by atoms with Crippen molar-refractivity contribution in [3.63, 3.8) is 0 Å². The van der Waals surface area contributed by atoms with Crippen molar-refractivity contribution >= 4 is 34.8 Å². The highest BCUT2D eigenvalue weighted by Crippen LogP contribution is 2.25. The molecule has 0 aliphatic carbocycles. The zero-order valence-electron chi connectivity index (χ0n) is 16.3. The van der Waals surface area contributed by atoms with E-state index in [1.807, 2.05) is 48.7 Å². The van der Waals surface area contributed by atoms with Crippen molar-refractivity contribution in [2.24, 2.45) is 0 Å². The summed E-state index contributed by atoms with van der Waals surface area (Å²) in [7, 11) is 0. The Kier molecular flexibility index (Phi) is 4.82. The smallest absolute Gasteiger partial charge is 0.220 e. The predicted octanol–water partition coefficient (Wildman–Crippen LogP) is 3.00. The maximum atomic E-state index is 5.69. The second-order valence-corrected chi connectivity index (χ2v) is 7.05. The number of nitrogens with one attached hydrogen (secondary N) is 1. The van der Waals surface area contributed by atoms with Crippen LogP contribution in [0.4, 0.5) is 11.8 Å². The van der Waals surface area contributed by atoms with Crippen LogP contribution in [-0.4, -0.2) is 51.5 Å². The first-order valence-electron chi connectivity index (χ1n) is 9.80. The third-order valence-electron chi connectivity index (χ3n) is 5.10. The van der Waals surface area contributed by atoms with Crippen molar-refractivity contribution in [3.8, 4) is 11.3 Å². The second kappa shape index (κ2) is 7.92. The molecule has 8 nitrogen and oxygen atoms in total. The number of aromatic amines is 1. The van der Waals surface area contributed by atoms with Crippen molar-refractivity contribution < 1.29 is 4.74 Å². The lowest BCUT2D eigenvalue weighted by Crippen LogP contribution is -2.36. The first-order chi connectivity index (χ1) is 14.8. The molecule has 5 rings (SSSR count). The van der Waals surface area contributed by atoms with Crippen molar-refractivity contribution in [1.29, 1.82) is 0 Å². The van der Waals surface area contributed by atoms with E-state index < -0.39 is 0 Å². The lowest BCUT2D eigenvalue weighted by Gasteiger charge is -2.27. The molecule has 0 atom stereocenters. The molecule has 8 heteroatoms. The molecule has 4 aromatic rings. The highest BCUT2D eigenvalue weighted by Gasteiger charge is 2.12. The number of H-pyrrole nitrogens is 1. The summed E-state index contributed by atoms with van der Waals surface area (Å²) in [5.41, 5.74) is 10.3. The fourth-order valence-corrected chi connectivity index (χ4v) is 3.51. The lowest BCUT2D eigenvalue weighted by molar-refractivity contribution is 0.122. The van der Waals surface area contributed by atoms with E-state index in [9.17, 15) is 0 Å². The summed E-state index contributed by atoms with van der Waals surface area (Å²) < 4.78 is 5.40. The SMILES string of the molecule is Nc1nccc(-c2ccc3c(/C=C/c4ccc(N5CCOCC5)nc4)n[nH]c3c2)n1. The molecule has 0 spiro atoms. The number of rotatable bonds is 4. The Morgan fingerprint density at radius 3 is 2.73 bits per heavy atom. The number of fused-ring (bicyclic) bond motifs is 1. The Labute approximate surface area is 173 Å². The van der Waals surface area contributed by atoms with Crippen LogP contribution in [0.15, 0.2) is 48.8 Å². The summed E-state index contributed by atoms with van der Waals surface area (Å²) in [5.74, 6) is 1.24. The molecule has 0 saturated carbocycles. The van der Waals surface area contributed by atoms with Gasteiger partial charge in [0.15, 0.2) is 0 Å². The second-order valence-electron chi connectivity index (χ2n) is 7.05. The monoisotopic (exact) mass is 399 g/mol. The Morgan fingerprint density at radius 2 is 1.93 bits per heavy atom. The van der Waals surface area contributed by atoms with Crippen LogP contribution in [0.5, 0.6) is 0 Å². The van der Waals surface area contributed by atoms with Gasteiger partial charge in [-0.25, -0.2) is 15.0 Å². The Balaban J connectivity index is 1.35. The minimum absolute atomic E-state index is 0.258. The zero-order chi connectivity index (χ0) is 20.3. The number of pyridine rings is 1. The van der Waals surface area contributed by atoms with Gasteiger partial charge in [-0.15, -0.1) is 0 Å². The third kappa shape index (κ3) is 3.72. The molecule has 150 valence electrons. The van der Waals surface area contributed by atoms with E-state index in [4.69, 9.17) is 10.5 Å². The highest BCUT2D eigenvalue weighted by molar-refractivity contribution is 5.91. The maximum absolute atomic E-state index is 5.69. The van der Waals surface area contributed by atoms with Crippen molar-refractivity contribution in [2.45, 2.75) is 0 Å². The average Bonchev–Trinajstić information content (AvgIpc) is 3.21. The number of nitrogens with zero attached hydrogens (tertiary/aromatic N) is 5. The van der Waals surface area contributed by atoms with Gasteiger partial charge in [0.25, 0.3) is 0 Å². The molecule has 1 aliphatic heterocycles. The van der Waals surface area contributed by atoms with Crippen LogP contribution in [-0.2, 0) is 4.74 Å². The van der Waals surface area contributed by atoms with Crippen LogP contribution in [0.25, 0.3) is 34.3 Å². The van der Waals surface area contributed by atoms with Gasteiger partial charge in [0, 0.05) is 36.4 Å². The van der Waals surface area contributed by atoms with Gasteiger partial charge in [-0.1, -0.05) is 12.1 Å². The van der Waals surface area contributed by atoms with Gasteiger partial charge < -0.3 is 15.4 Å². The molecule has 3 aromatic heterocycles. The number of hydrogen-bond acceptors (Lipinski definition) is 7. The Bertz CT molecular complexity index is 1190. The van der Waals surface area contributed by atoms with Crippen LogP contribution in [0.3, 0.4) is 0 Å². The van der Waals surface area contributed by atoms with E-state index in [1.165, 1.54) is 0 Å².